The third kappa shape index (κ3) is 6.47. The van der Waals surface area contributed by atoms with E-state index in [2.05, 4.69) is 0 Å². The maximum absolute atomic E-state index is 13.2. The first-order valence-electron chi connectivity index (χ1n) is 11.4. The van der Waals surface area contributed by atoms with E-state index in [4.69, 9.17) is 14.2 Å². The number of carbonyl (C=O) groups excluding carboxylic acids is 3. The number of Topliss-reactive ketones (excluding diaryl/α,β-unsaturated/α-hetero) is 1. The van der Waals surface area contributed by atoms with Gasteiger partial charge in [-0.25, -0.2) is 0 Å². The van der Waals surface area contributed by atoms with Crippen molar-refractivity contribution in [2.45, 2.75) is 59.5 Å². The molecule has 0 aromatic heterocycles. The van der Waals surface area contributed by atoms with E-state index in [1.807, 2.05) is 27.7 Å². The van der Waals surface area contributed by atoms with E-state index in [-0.39, 0.29) is 49.6 Å². The number of hydrogen-bond acceptors (Lipinski definition) is 8. The highest BCUT2D eigenvalue weighted by Crippen LogP contribution is 2.48. The van der Waals surface area contributed by atoms with Crippen LogP contribution >= 0.6 is 0 Å². The number of ether oxygens (including phenoxy) is 3. The second kappa shape index (κ2) is 11.0. The van der Waals surface area contributed by atoms with Crippen LogP contribution in [0.25, 0.3) is 0 Å². The average Bonchev–Trinajstić information content (AvgIpc) is 2.70. The molecule has 184 valence electrons. The first-order chi connectivity index (χ1) is 15.4. The number of aromatic hydroxyl groups is 1. The van der Waals surface area contributed by atoms with E-state index in [9.17, 15) is 24.6 Å². The molecule has 0 amide bonds. The van der Waals surface area contributed by atoms with Gasteiger partial charge in [-0.15, -0.1) is 0 Å². The fourth-order valence-electron chi connectivity index (χ4n) is 4.10. The molecule has 2 rings (SSSR count). The molecular weight excluding hydrogens is 428 g/mol. The van der Waals surface area contributed by atoms with Crippen molar-refractivity contribution in [2.75, 3.05) is 19.8 Å². The Balaban J connectivity index is 2.60. The van der Waals surface area contributed by atoms with Crippen molar-refractivity contribution in [1.82, 2.24) is 0 Å². The van der Waals surface area contributed by atoms with Gasteiger partial charge in [0.05, 0.1) is 31.3 Å². The molecule has 1 aromatic rings. The van der Waals surface area contributed by atoms with Crippen molar-refractivity contribution >= 4 is 17.7 Å². The summed E-state index contributed by atoms with van der Waals surface area (Å²) in [5, 5.41) is 21.3. The van der Waals surface area contributed by atoms with Gasteiger partial charge in [-0.1, -0.05) is 33.8 Å². The SMILES string of the molecule is CCOc1cc([C@@H]2[C@H](C(=O)OCC(C)C)C(=O)C[C@](C)(O)[C@H]2C(=O)OCC(C)C)ccc1O. The highest BCUT2D eigenvalue weighted by atomic mass is 16.5. The maximum atomic E-state index is 13.2. The fourth-order valence-corrected chi connectivity index (χ4v) is 4.10. The second-order valence-electron chi connectivity index (χ2n) is 9.69. The molecule has 0 unspecified atom stereocenters. The molecule has 0 saturated heterocycles. The minimum Gasteiger partial charge on any atom is -0.504 e. The zero-order chi connectivity index (χ0) is 24.9. The summed E-state index contributed by atoms with van der Waals surface area (Å²) in [4.78, 5) is 39.4. The Hall–Kier alpha value is -2.61. The third-order valence-corrected chi connectivity index (χ3v) is 5.56. The van der Waals surface area contributed by atoms with Crippen molar-refractivity contribution in [3.05, 3.63) is 23.8 Å². The smallest absolute Gasteiger partial charge is 0.317 e. The standard InChI is InChI=1S/C25H36O8/c1-7-31-19-10-16(8-9-17(19)26)20-21(23(28)32-12-14(2)3)18(27)11-25(6,30)22(20)24(29)33-13-15(4)5/h8-10,14-15,20-22,26,30H,7,11-13H2,1-6H3/t20-,21-,22-,25+/m1/s1. The zero-order valence-corrected chi connectivity index (χ0v) is 20.3. The Morgan fingerprint density at radius 3 is 2.21 bits per heavy atom. The van der Waals surface area contributed by atoms with Gasteiger partial charge in [-0.2, -0.15) is 0 Å². The third-order valence-electron chi connectivity index (χ3n) is 5.56. The van der Waals surface area contributed by atoms with Gasteiger partial charge < -0.3 is 24.4 Å². The van der Waals surface area contributed by atoms with Gasteiger partial charge in [0.2, 0.25) is 0 Å². The molecule has 8 nitrogen and oxygen atoms in total. The predicted octanol–water partition coefficient (Wildman–Crippen LogP) is 3.23. The number of rotatable bonds is 9. The van der Waals surface area contributed by atoms with Crippen LogP contribution in [0.5, 0.6) is 11.5 Å². The van der Waals surface area contributed by atoms with Gasteiger partial charge in [0.1, 0.15) is 5.92 Å². The first-order valence-corrected chi connectivity index (χ1v) is 11.4. The number of hydrogen-bond donors (Lipinski definition) is 2. The molecule has 0 heterocycles. The van der Waals surface area contributed by atoms with E-state index < -0.39 is 41.1 Å². The molecule has 33 heavy (non-hydrogen) atoms. The lowest BCUT2D eigenvalue weighted by Gasteiger charge is -2.43. The lowest BCUT2D eigenvalue weighted by atomic mass is 9.61. The van der Waals surface area contributed by atoms with Crippen LogP contribution < -0.4 is 4.74 Å². The molecule has 0 spiro atoms. The van der Waals surface area contributed by atoms with Crippen molar-refractivity contribution in [3.8, 4) is 11.5 Å². The van der Waals surface area contributed by atoms with Crippen LogP contribution in [-0.2, 0) is 23.9 Å². The number of carbonyl (C=O) groups is 3. The molecule has 8 heteroatoms. The number of aliphatic hydroxyl groups is 1. The summed E-state index contributed by atoms with van der Waals surface area (Å²) in [6, 6.07) is 4.38. The molecule has 1 aliphatic carbocycles. The molecule has 1 saturated carbocycles. The monoisotopic (exact) mass is 464 g/mol. The lowest BCUT2D eigenvalue weighted by molar-refractivity contribution is -0.174. The van der Waals surface area contributed by atoms with Crippen molar-refractivity contribution in [2.24, 2.45) is 23.7 Å². The minimum absolute atomic E-state index is 0.0548. The van der Waals surface area contributed by atoms with Crippen LogP contribution in [0.15, 0.2) is 18.2 Å². The van der Waals surface area contributed by atoms with Crippen LogP contribution in [0.4, 0.5) is 0 Å². The first kappa shape index (κ1) is 26.6. The molecule has 0 aliphatic heterocycles. The number of phenolic OH excluding ortho intramolecular Hbond substituents is 1. The fraction of sp³-hybridized carbons (Fsp3) is 0.640. The van der Waals surface area contributed by atoms with Crippen LogP contribution in [0.1, 0.15) is 59.4 Å². The molecular formula is C25H36O8. The Morgan fingerprint density at radius 1 is 1.09 bits per heavy atom. The quantitative estimate of drug-likeness (QED) is 0.422. The van der Waals surface area contributed by atoms with Crippen LogP contribution in [0.3, 0.4) is 0 Å². The van der Waals surface area contributed by atoms with Crippen molar-refractivity contribution in [3.63, 3.8) is 0 Å². The summed E-state index contributed by atoms with van der Waals surface area (Å²) < 4.78 is 16.3. The topological polar surface area (TPSA) is 119 Å². The van der Waals surface area contributed by atoms with Gasteiger partial charge in [0.15, 0.2) is 17.3 Å². The number of phenols is 1. The number of ketones is 1. The maximum Gasteiger partial charge on any atom is 0.317 e. The highest BCUT2D eigenvalue weighted by molar-refractivity contribution is 6.02. The highest BCUT2D eigenvalue weighted by Gasteiger charge is 2.57. The molecule has 4 atom stereocenters. The predicted molar refractivity (Wildman–Crippen MR) is 121 cm³/mol. The number of benzene rings is 1. The van der Waals surface area contributed by atoms with E-state index in [0.717, 1.165) is 0 Å². The molecule has 1 aromatic carbocycles. The minimum atomic E-state index is -1.74. The zero-order valence-electron chi connectivity index (χ0n) is 20.3. The Bertz CT molecular complexity index is 858. The van der Waals surface area contributed by atoms with E-state index in [0.29, 0.717) is 5.56 Å². The van der Waals surface area contributed by atoms with Gasteiger partial charge in [-0.05, 0) is 43.4 Å². The molecule has 2 N–H and O–H groups in total. The largest absolute Gasteiger partial charge is 0.504 e. The molecule has 1 aliphatic rings. The average molecular weight is 465 g/mol. The molecule has 0 bridgehead atoms. The summed E-state index contributed by atoms with van der Waals surface area (Å²) in [5.41, 5.74) is -1.35. The van der Waals surface area contributed by atoms with Crippen molar-refractivity contribution < 1.29 is 38.8 Å². The van der Waals surface area contributed by atoms with Crippen molar-refractivity contribution in [1.29, 1.82) is 0 Å². The normalized spacial score (nSPS) is 25.2. The van der Waals surface area contributed by atoms with Crippen LogP contribution in [-0.4, -0.2) is 53.4 Å². The Morgan fingerprint density at radius 2 is 1.67 bits per heavy atom. The summed E-state index contributed by atoms with van der Waals surface area (Å²) in [6.07, 6.45) is -0.386. The van der Waals surface area contributed by atoms with E-state index in [1.54, 1.807) is 6.92 Å². The van der Waals surface area contributed by atoms with Gasteiger partial charge in [0, 0.05) is 12.3 Å². The van der Waals surface area contributed by atoms with Gasteiger partial charge >= 0.3 is 11.9 Å². The molecule has 1 fully saturated rings. The Labute approximate surface area is 195 Å². The summed E-state index contributed by atoms with van der Waals surface area (Å²) in [5.74, 6) is -5.38. The summed E-state index contributed by atoms with van der Waals surface area (Å²) in [7, 11) is 0. The lowest BCUT2D eigenvalue weighted by Crippen LogP contribution is -2.55. The van der Waals surface area contributed by atoms with Crippen LogP contribution in [0, 0.1) is 23.7 Å². The summed E-state index contributed by atoms with van der Waals surface area (Å²) >= 11 is 0. The van der Waals surface area contributed by atoms with Crippen LogP contribution in [0.2, 0.25) is 0 Å². The molecule has 0 radical (unpaired) electrons. The van der Waals surface area contributed by atoms with Gasteiger partial charge in [-0.3, -0.25) is 14.4 Å². The number of esters is 2. The Kier molecular flexibility index (Phi) is 8.89. The second-order valence-corrected chi connectivity index (χ2v) is 9.69. The summed E-state index contributed by atoms with van der Waals surface area (Å²) in [6.45, 7) is 11.2. The van der Waals surface area contributed by atoms with E-state index >= 15 is 0 Å². The van der Waals surface area contributed by atoms with Gasteiger partial charge in [0.25, 0.3) is 0 Å². The van der Waals surface area contributed by atoms with E-state index in [1.165, 1.54) is 25.1 Å².